The summed E-state index contributed by atoms with van der Waals surface area (Å²) in [6, 6.07) is 6.37. The van der Waals surface area contributed by atoms with Crippen LogP contribution >= 0.6 is 0 Å². The number of hydrogen-bond donors (Lipinski definition) is 0. The number of rotatable bonds is 5. The van der Waals surface area contributed by atoms with Crippen molar-refractivity contribution in [1.82, 2.24) is 0 Å². The minimum absolute atomic E-state index is 0.356. The highest BCUT2D eigenvalue weighted by Gasteiger charge is 2.25. The minimum atomic E-state index is 0.356. The summed E-state index contributed by atoms with van der Waals surface area (Å²) in [4.78, 5) is 12.1. The summed E-state index contributed by atoms with van der Waals surface area (Å²) in [5, 5.41) is 0. The fourth-order valence-corrected chi connectivity index (χ4v) is 2.11. The average Bonchev–Trinajstić information content (AvgIpc) is 3.12. The Kier molecular flexibility index (Phi) is 3.42. The first-order valence-corrected chi connectivity index (χ1v) is 6.39. The zero-order chi connectivity index (χ0) is 11.5. The van der Waals surface area contributed by atoms with Gasteiger partial charge in [-0.05, 0) is 48.8 Å². The van der Waals surface area contributed by atoms with E-state index in [4.69, 9.17) is 0 Å². The van der Waals surface area contributed by atoms with Gasteiger partial charge in [0.15, 0.2) is 5.78 Å². The molecule has 1 aliphatic carbocycles. The topological polar surface area (TPSA) is 17.1 Å². The van der Waals surface area contributed by atoms with E-state index in [0.29, 0.717) is 11.7 Å². The Labute approximate surface area is 97.9 Å². The Bertz CT molecular complexity index is 388. The summed E-state index contributed by atoms with van der Waals surface area (Å²) in [5.74, 6) is 1.04. The van der Waals surface area contributed by atoms with Crippen LogP contribution in [0.1, 0.15) is 54.6 Å². The molecule has 0 radical (unpaired) electrons. The number of carbonyl (C=O) groups excluding carboxylic acids is 1. The van der Waals surface area contributed by atoms with Gasteiger partial charge in [-0.2, -0.15) is 0 Å². The maximum atomic E-state index is 12.1. The first-order chi connectivity index (χ1) is 7.74. The van der Waals surface area contributed by atoms with Gasteiger partial charge >= 0.3 is 0 Å². The van der Waals surface area contributed by atoms with Gasteiger partial charge in [-0.15, -0.1) is 0 Å². The monoisotopic (exact) mass is 216 g/mol. The van der Waals surface area contributed by atoms with E-state index in [2.05, 4.69) is 32.0 Å². The van der Waals surface area contributed by atoms with Crippen LogP contribution in [0.2, 0.25) is 0 Å². The molecule has 0 spiro atoms. The zero-order valence-electron chi connectivity index (χ0n) is 10.3. The molecule has 86 valence electrons. The second-order valence-electron chi connectivity index (χ2n) is 4.77. The number of Topliss-reactive ketones (excluding diaryl/α,β-unsaturated/α-hetero) is 1. The van der Waals surface area contributed by atoms with Gasteiger partial charge in [0.25, 0.3) is 0 Å². The Balaban J connectivity index is 2.23. The van der Waals surface area contributed by atoms with Crippen molar-refractivity contribution in [1.29, 1.82) is 0 Å². The highest BCUT2D eigenvalue weighted by atomic mass is 16.1. The molecule has 1 fully saturated rings. The van der Waals surface area contributed by atoms with Gasteiger partial charge in [0.1, 0.15) is 0 Å². The van der Waals surface area contributed by atoms with Crippen LogP contribution < -0.4 is 0 Å². The van der Waals surface area contributed by atoms with Gasteiger partial charge < -0.3 is 0 Å². The van der Waals surface area contributed by atoms with Crippen molar-refractivity contribution in [2.24, 2.45) is 5.92 Å². The maximum absolute atomic E-state index is 12.1. The van der Waals surface area contributed by atoms with E-state index in [1.165, 1.54) is 24.0 Å². The molecular weight excluding hydrogens is 196 g/mol. The predicted molar refractivity (Wildman–Crippen MR) is 66.9 cm³/mol. The molecule has 1 aromatic carbocycles. The molecule has 0 amide bonds. The first-order valence-electron chi connectivity index (χ1n) is 6.39. The summed E-state index contributed by atoms with van der Waals surface area (Å²) >= 11 is 0. The van der Waals surface area contributed by atoms with E-state index in [0.717, 1.165) is 24.8 Å². The highest BCUT2D eigenvalue weighted by Crippen LogP contribution is 2.34. The van der Waals surface area contributed by atoms with E-state index in [1.807, 2.05) is 0 Å². The summed E-state index contributed by atoms with van der Waals surface area (Å²) in [6.45, 7) is 4.25. The maximum Gasteiger partial charge on any atom is 0.163 e. The van der Waals surface area contributed by atoms with Crippen molar-refractivity contribution >= 4 is 5.78 Å². The largest absolute Gasteiger partial charge is 0.294 e. The lowest BCUT2D eigenvalue weighted by Crippen LogP contribution is -2.05. The summed E-state index contributed by atoms with van der Waals surface area (Å²) in [5.41, 5.74) is 3.47. The van der Waals surface area contributed by atoms with Crippen molar-refractivity contribution in [2.45, 2.75) is 46.0 Å². The SMILES string of the molecule is CCc1ccc(CC)c(C(=O)CC2CC2)c1. The Morgan fingerprint density at radius 1 is 1.25 bits per heavy atom. The van der Waals surface area contributed by atoms with E-state index in [1.54, 1.807) is 0 Å². The third kappa shape index (κ3) is 2.52. The van der Waals surface area contributed by atoms with E-state index in [-0.39, 0.29) is 0 Å². The number of carbonyl (C=O) groups is 1. The fourth-order valence-electron chi connectivity index (χ4n) is 2.11. The second kappa shape index (κ2) is 4.82. The smallest absolute Gasteiger partial charge is 0.163 e. The van der Waals surface area contributed by atoms with Crippen molar-refractivity contribution in [3.8, 4) is 0 Å². The third-order valence-electron chi connectivity index (χ3n) is 3.43. The third-order valence-corrected chi connectivity index (χ3v) is 3.43. The lowest BCUT2D eigenvalue weighted by Gasteiger charge is -2.08. The van der Waals surface area contributed by atoms with Crippen LogP contribution in [0.5, 0.6) is 0 Å². The summed E-state index contributed by atoms with van der Waals surface area (Å²) in [6.07, 6.45) is 5.23. The molecule has 1 aromatic rings. The molecule has 1 nitrogen and oxygen atoms in total. The summed E-state index contributed by atoms with van der Waals surface area (Å²) in [7, 11) is 0. The van der Waals surface area contributed by atoms with Gasteiger partial charge in [0.05, 0.1) is 0 Å². The fraction of sp³-hybridized carbons (Fsp3) is 0.533. The summed E-state index contributed by atoms with van der Waals surface area (Å²) < 4.78 is 0. The molecule has 0 aliphatic heterocycles. The second-order valence-corrected chi connectivity index (χ2v) is 4.77. The Morgan fingerprint density at radius 2 is 2.00 bits per heavy atom. The van der Waals surface area contributed by atoms with Crippen LogP contribution in [0.15, 0.2) is 18.2 Å². The van der Waals surface area contributed by atoms with Crippen LogP contribution in [0, 0.1) is 5.92 Å². The molecule has 1 saturated carbocycles. The van der Waals surface area contributed by atoms with E-state index >= 15 is 0 Å². The molecule has 1 aliphatic rings. The average molecular weight is 216 g/mol. The number of ketones is 1. The van der Waals surface area contributed by atoms with E-state index in [9.17, 15) is 4.79 Å². The number of hydrogen-bond acceptors (Lipinski definition) is 1. The normalized spacial score (nSPS) is 15.1. The minimum Gasteiger partial charge on any atom is -0.294 e. The highest BCUT2D eigenvalue weighted by molar-refractivity contribution is 5.98. The van der Waals surface area contributed by atoms with Crippen LogP contribution in [0.25, 0.3) is 0 Å². The molecule has 2 rings (SSSR count). The molecule has 0 saturated heterocycles. The van der Waals surface area contributed by atoms with Crippen LogP contribution in [0.4, 0.5) is 0 Å². The Morgan fingerprint density at radius 3 is 2.56 bits per heavy atom. The molecule has 0 heterocycles. The molecule has 0 unspecified atom stereocenters. The van der Waals surface area contributed by atoms with Crippen LogP contribution in [-0.2, 0) is 12.8 Å². The van der Waals surface area contributed by atoms with Crippen molar-refractivity contribution in [3.63, 3.8) is 0 Å². The van der Waals surface area contributed by atoms with Gasteiger partial charge in [-0.3, -0.25) is 4.79 Å². The molecule has 16 heavy (non-hydrogen) atoms. The molecule has 1 heteroatoms. The van der Waals surface area contributed by atoms with E-state index < -0.39 is 0 Å². The molecule has 0 aromatic heterocycles. The first kappa shape index (κ1) is 11.4. The molecule has 0 atom stereocenters. The van der Waals surface area contributed by atoms with Crippen LogP contribution in [-0.4, -0.2) is 5.78 Å². The number of benzene rings is 1. The van der Waals surface area contributed by atoms with Gasteiger partial charge in [-0.1, -0.05) is 26.0 Å². The standard InChI is InChI=1S/C15H20O/c1-3-11-7-8-13(4-2)14(9-11)15(16)10-12-5-6-12/h7-9,12H,3-6,10H2,1-2H3. The zero-order valence-corrected chi connectivity index (χ0v) is 10.3. The lowest BCUT2D eigenvalue weighted by molar-refractivity contribution is 0.0975. The molecule has 0 bridgehead atoms. The van der Waals surface area contributed by atoms with Crippen LogP contribution in [0.3, 0.4) is 0 Å². The quantitative estimate of drug-likeness (QED) is 0.684. The number of aryl methyl sites for hydroxylation is 2. The van der Waals surface area contributed by atoms with Gasteiger partial charge in [-0.25, -0.2) is 0 Å². The predicted octanol–water partition coefficient (Wildman–Crippen LogP) is 3.79. The van der Waals surface area contributed by atoms with Crippen molar-refractivity contribution in [2.75, 3.05) is 0 Å². The van der Waals surface area contributed by atoms with Crippen molar-refractivity contribution in [3.05, 3.63) is 34.9 Å². The van der Waals surface area contributed by atoms with Gasteiger partial charge in [0, 0.05) is 12.0 Å². The molecule has 0 N–H and O–H groups in total. The lowest BCUT2D eigenvalue weighted by atomic mass is 9.95. The molecular formula is C15H20O. The van der Waals surface area contributed by atoms with Gasteiger partial charge in [0.2, 0.25) is 0 Å². The van der Waals surface area contributed by atoms with Crippen molar-refractivity contribution < 1.29 is 4.79 Å². The Hall–Kier alpha value is -1.11.